The van der Waals surface area contributed by atoms with Crippen LogP contribution in [0.1, 0.15) is 5.56 Å². The predicted octanol–water partition coefficient (Wildman–Crippen LogP) is 0.862. The zero-order chi connectivity index (χ0) is 10.8. The molecule has 1 heterocycles. The summed E-state index contributed by atoms with van der Waals surface area (Å²) in [5.74, 6) is 0.198. The predicted molar refractivity (Wildman–Crippen MR) is 57.8 cm³/mol. The van der Waals surface area contributed by atoms with Crippen LogP contribution in [0.3, 0.4) is 0 Å². The maximum absolute atomic E-state index is 8.53. The van der Waals surface area contributed by atoms with Gasteiger partial charge < -0.3 is 15.5 Å². The molecule has 5 nitrogen and oxygen atoms in total. The molecule has 0 bridgehead atoms. The standard InChI is InChI=1S/C10H12N4O/c1-14-6-12-8-4-2-3-7(10(8)14)5-9(11)13-15/h2-4,6,15H,5H2,1H3,(H2,11,13). The van der Waals surface area contributed by atoms with Gasteiger partial charge in [0.05, 0.1) is 17.4 Å². The summed E-state index contributed by atoms with van der Waals surface area (Å²) in [5.41, 5.74) is 8.42. The third kappa shape index (κ3) is 1.63. The van der Waals surface area contributed by atoms with E-state index in [-0.39, 0.29) is 5.84 Å². The fraction of sp³-hybridized carbons (Fsp3) is 0.200. The van der Waals surface area contributed by atoms with Gasteiger partial charge in [-0.2, -0.15) is 0 Å². The lowest BCUT2D eigenvalue weighted by Crippen LogP contribution is -2.15. The van der Waals surface area contributed by atoms with Gasteiger partial charge in [0.2, 0.25) is 0 Å². The third-order valence-corrected chi connectivity index (χ3v) is 2.32. The SMILES string of the molecule is Cn1cnc2cccc(C/C(N)=N/O)c21. The number of nitrogens with two attached hydrogens (primary N) is 1. The average Bonchev–Trinajstić information content (AvgIpc) is 2.61. The van der Waals surface area contributed by atoms with Crippen molar-refractivity contribution >= 4 is 16.9 Å². The maximum atomic E-state index is 8.53. The highest BCUT2D eigenvalue weighted by atomic mass is 16.4. The third-order valence-electron chi connectivity index (χ3n) is 2.32. The second-order valence-electron chi connectivity index (χ2n) is 3.41. The lowest BCUT2D eigenvalue weighted by molar-refractivity contribution is 0.317. The molecule has 0 radical (unpaired) electrons. The number of amidine groups is 1. The molecule has 0 fully saturated rings. The molecular weight excluding hydrogens is 192 g/mol. The molecule has 2 aromatic rings. The van der Waals surface area contributed by atoms with E-state index in [1.807, 2.05) is 29.8 Å². The van der Waals surface area contributed by atoms with Crippen LogP contribution in [-0.2, 0) is 13.5 Å². The van der Waals surface area contributed by atoms with Crippen LogP contribution in [0.4, 0.5) is 0 Å². The minimum absolute atomic E-state index is 0.198. The largest absolute Gasteiger partial charge is 0.409 e. The van der Waals surface area contributed by atoms with Gasteiger partial charge in [-0.3, -0.25) is 0 Å². The van der Waals surface area contributed by atoms with Crippen LogP contribution in [0.5, 0.6) is 0 Å². The van der Waals surface area contributed by atoms with Crippen LogP contribution in [0.25, 0.3) is 11.0 Å². The number of hydrogen-bond acceptors (Lipinski definition) is 3. The summed E-state index contributed by atoms with van der Waals surface area (Å²) >= 11 is 0. The molecule has 0 saturated carbocycles. The monoisotopic (exact) mass is 204 g/mol. The van der Waals surface area contributed by atoms with Crippen LogP contribution in [0, 0.1) is 0 Å². The Morgan fingerprint density at radius 3 is 3.13 bits per heavy atom. The first-order valence-electron chi connectivity index (χ1n) is 4.57. The van der Waals surface area contributed by atoms with Gasteiger partial charge in [0.25, 0.3) is 0 Å². The van der Waals surface area contributed by atoms with Gasteiger partial charge in [-0.1, -0.05) is 17.3 Å². The average molecular weight is 204 g/mol. The van der Waals surface area contributed by atoms with Gasteiger partial charge in [-0.15, -0.1) is 0 Å². The van der Waals surface area contributed by atoms with Crippen molar-refractivity contribution in [2.24, 2.45) is 17.9 Å². The molecule has 5 heteroatoms. The fourth-order valence-corrected chi connectivity index (χ4v) is 1.67. The van der Waals surface area contributed by atoms with Crippen LogP contribution in [-0.4, -0.2) is 20.6 Å². The second kappa shape index (κ2) is 3.61. The quantitative estimate of drug-likeness (QED) is 0.330. The van der Waals surface area contributed by atoms with E-state index in [1.54, 1.807) is 6.33 Å². The molecular formula is C10H12N4O. The van der Waals surface area contributed by atoms with Crippen molar-refractivity contribution in [2.75, 3.05) is 0 Å². The Kier molecular flexibility index (Phi) is 2.29. The molecule has 0 aliphatic heterocycles. The Balaban J connectivity index is 2.55. The van der Waals surface area contributed by atoms with Gasteiger partial charge in [-0.25, -0.2) is 4.98 Å². The van der Waals surface area contributed by atoms with Crippen molar-refractivity contribution in [3.05, 3.63) is 30.1 Å². The van der Waals surface area contributed by atoms with Crippen LogP contribution < -0.4 is 5.73 Å². The number of nitrogens with zero attached hydrogens (tertiary/aromatic N) is 3. The number of imidazole rings is 1. The van der Waals surface area contributed by atoms with Crippen LogP contribution in [0.15, 0.2) is 29.7 Å². The van der Waals surface area contributed by atoms with E-state index < -0.39 is 0 Å². The zero-order valence-electron chi connectivity index (χ0n) is 8.38. The van der Waals surface area contributed by atoms with Crippen molar-refractivity contribution in [1.29, 1.82) is 0 Å². The van der Waals surface area contributed by atoms with Crippen molar-refractivity contribution in [3.8, 4) is 0 Å². The Hall–Kier alpha value is -2.04. The number of para-hydroxylation sites is 1. The Morgan fingerprint density at radius 1 is 1.60 bits per heavy atom. The van der Waals surface area contributed by atoms with Gasteiger partial charge in [-0.05, 0) is 11.6 Å². The lowest BCUT2D eigenvalue weighted by Gasteiger charge is -2.03. The van der Waals surface area contributed by atoms with E-state index in [0.717, 1.165) is 16.6 Å². The van der Waals surface area contributed by atoms with Gasteiger partial charge in [0, 0.05) is 13.5 Å². The molecule has 1 aromatic heterocycles. The van der Waals surface area contributed by atoms with Crippen molar-refractivity contribution in [3.63, 3.8) is 0 Å². The first-order valence-corrected chi connectivity index (χ1v) is 4.57. The Bertz CT molecular complexity index is 515. The summed E-state index contributed by atoms with van der Waals surface area (Å²) in [7, 11) is 1.92. The molecule has 0 aliphatic rings. The molecule has 78 valence electrons. The number of aryl methyl sites for hydroxylation is 1. The van der Waals surface area contributed by atoms with Crippen molar-refractivity contribution in [2.45, 2.75) is 6.42 Å². The molecule has 0 aliphatic carbocycles. The molecule has 1 aromatic carbocycles. The normalized spacial score (nSPS) is 12.2. The number of rotatable bonds is 2. The number of aromatic nitrogens is 2. The van der Waals surface area contributed by atoms with Crippen molar-refractivity contribution < 1.29 is 5.21 Å². The highest BCUT2D eigenvalue weighted by molar-refractivity contribution is 5.88. The fourth-order valence-electron chi connectivity index (χ4n) is 1.67. The molecule has 0 amide bonds. The minimum atomic E-state index is 0.198. The lowest BCUT2D eigenvalue weighted by atomic mass is 10.1. The Morgan fingerprint density at radius 2 is 2.40 bits per heavy atom. The van der Waals surface area contributed by atoms with Crippen molar-refractivity contribution in [1.82, 2.24) is 9.55 Å². The number of oxime groups is 1. The second-order valence-corrected chi connectivity index (χ2v) is 3.41. The van der Waals surface area contributed by atoms with E-state index in [0.29, 0.717) is 6.42 Å². The van der Waals surface area contributed by atoms with Gasteiger partial charge in [0.15, 0.2) is 0 Å². The summed E-state index contributed by atoms with van der Waals surface area (Å²) in [6, 6.07) is 5.79. The smallest absolute Gasteiger partial charge is 0.143 e. The maximum Gasteiger partial charge on any atom is 0.143 e. The van der Waals surface area contributed by atoms with Crippen LogP contribution >= 0.6 is 0 Å². The topological polar surface area (TPSA) is 76.4 Å². The summed E-state index contributed by atoms with van der Waals surface area (Å²) in [4.78, 5) is 4.23. The Labute approximate surface area is 86.8 Å². The van der Waals surface area contributed by atoms with E-state index >= 15 is 0 Å². The molecule has 0 unspecified atom stereocenters. The molecule has 0 saturated heterocycles. The first-order chi connectivity index (χ1) is 7.22. The highest BCUT2D eigenvalue weighted by Gasteiger charge is 2.06. The van der Waals surface area contributed by atoms with Gasteiger partial charge in [0.1, 0.15) is 5.84 Å². The summed E-state index contributed by atoms with van der Waals surface area (Å²) < 4.78 is 1.93. The van der Waals surface area contributed by atoms with E-state index in [4.69, 9.17) is 10.9 Å². The van der Waals surface area contributed by atoms with E-state index in [2.05, 4.69) is 10.1 Å². The van der Waals surface area contributed by atoms with Crippen LogP contribution in [0.2, 0.25) is 0 Å². The summed E-state index contributed by atoms with van der Waals surface area (Å²) in [6.07, 6.45) is 2.17. The number of hydrogen-bond donors (Lipinski definition) is 2. The minimum Gasteiger partial charge on any atom is -0.409 e. The highest BCUT2D eigenvalue weighted by Crippen LogP contribution is 2.17. The van der Waals surface area contributed by atoms with E-state index in [9.17, 15) is 0 Å². The number of fused-ring (bicyclic) bond motifs is 1. The van der Waals surface area contributed by atoms with Gasteiger partial charge >= 0.3 is 0 Å². The molecule has 0 atom stereocenters. The first kappa shape index (κ1) is 9.51. The summed E-state index contributed by atoms with van der Waals surface area (Å²) in [6.45, 7) is 0. The number of benzene rings is 1. The van der Waals surface area contributed by atoms with E-state index in [1.165, 1.54) is 0 Å². The molecule has 3 N–H and O–H groups in total. The molecule has 0 spiro atoms. The zero-order valence-corrected chi connectivity index (χ0v) is 8.38. The molecule has 2 rings (SSSR count). The molecule has 15 heavy (non-hydrogen) atoms. The summed E-state index contributed by atoms with van der Waals surface area (Å²) in [5, 5.41) is 11.5.